The highest BCUT2D eigenvalue weighted by Gasteiger charge is 2.34. The van der Waals surface area contributed by atoms with Crippen molar-refractivity contribution in [3.05, 3.63) is 29.8 Å². The van der Waals surface area contributed by atoms with E-state index in [9.17, 15) is 4.79 Å². The zero-order valence-corrected chi connectivity index (χ0v) is 12.5. The van der Waals surface area contributed by atoms with Crippen LogP contribution < -0.4 is 4.74 Å². The molecule has 108 valence electrons. The summed E-state index contributed by atoms with van der Waals surface area (Å²) in [5.74, 6) is 3.09. The lowest BCUT2D eigenvalue weighted by molar-refractivity contribution is -0.130. The quantitative estimate of drug-likeness (QED) is 0.816. The van der Waals surface area contributed by atoms with Crippen molar-refractivity contribution in [3.8, 4) is 5.75 Å². The van der Waals surface area contributed by atoms with Gasteiger partial charge in [-0.05, 0) is 49.1 Å². The molecule has 0 radical (unpaired) electrons. The first-order valence-corrected chi connectivity index (χ1v) is 7.88. The molecule has 3 rings (SSSR count). The number of ether oxygens (including phenoxy) is 1. The molecule has 1 saturated carbocycles. The van der Waals surface area contributed by atoms with Crippen LogP contribution in [0.15, 0.2) is 24.3 Å². The van der Waals surface area contributed by atoms with Crippen LogP contribution in [0, 0.1) is 23.7 Å². The maximum Gasteiger partial charge on any atom is 0.142 e. The molecule has 0 spiro atoms. The molecule has 2 nitrogen and oxygen atoms in total. The first kappa shape index (κ1) is 13.7. The van der Waals surface area contributed by atoms with E-state index in [1.54, 1.807) is 0 Å². The fourth-order valence-corrected chi connectivity index (χ4v) is 4.02. The Morgan fingerprint density at radius 2 is 1.75 bits per heavy atom. The maximum absolute atomic E-state index is 12.8. The second-order valence-corrected chi connectivity index (χ2v) is 6.84. The molecule has 0 bridgehead atoms. The molecule has 1 aliphatic heterocycles. The number of hydrogen-bond acceptors (Lipinski definition) is 2. The van der Waals surface area contributed by atoms with Gasteiger partial charge in [-0.25, -0.2) is 0 Å². The average molecular weight is 272 g/mol. The summed E-state index contributed by atoms with van der Waals surface area (Å²) < 4.78 is 5.78. The van der Waals surface area contributed by atoms with E-state index in [4.69, 9.17) is 4.74 Å². The Hall–Kier alpha value is -1.31. The van der Waals surface area contributed by atoms with E-state index in [1.807, 2.05) is 18.2 Å². The summed E-state index contributed by atoms with van der Waals surface area (Å²) in [6.45, 7) is 5.13. The van der Waals surface area contributed by atoms with E-state index in [0.29, 0.717) is 24.2 Å². The number of ketones is 1. The summed E-state index contributed by atoms with van der Waals surface area (Å²) in [5, 5.41) is 0. The summed E-state index contributed by atoms with van der Waals surface area (Å²) in [6, 6.07) is 8.10. The second-order valence-electron chi connectivity index (χ2n) is 6.84. The number of Topliss-reactive ketones (excluding diaryl/α,β-unsaturated/α-hetero) is 1. The number of carbonyl (C=O) groups is 1. The van der Waals surface area contributed by atoms with Crippen molar-refractivity contribution in [3.63, 3.8) is 0 Å². The standard InChI is InChI=1S/C18H24O2/c1-12-7-13(2)9-15(8-12)18(19)16-10-14-5-3-4-6-17(14)20-11-16/h3-6,12-13,15-16H,7-11H2,1-2H3. The normalized spacial score (nSPS) is 33.1. The van der Waals surface area contributed by atoms with Crippen LogP contribution in [-0.2, 0) is 11.2 Å². The van der Waals surface area contributed by atoms with E-state index in [2.05, 4.69) is 19.9 Å². The Labute approximate surface area is 121 Å². The van der Waals surface area contributed by atoms with Gasteiger partial charge in [0.25, 0.3) is 0 Å². The Balaban J connectivity index is 1.69. The summed E-state index contributed by atoms with van der Waals surface area (Å²) in [6.07, 6.45) is 4.27. The first-order chi connectivity index (χ1) is 9.63. The summed E-state index contributed by atoms with van der Waals surface area (Å²) in [4.78, 5) is 12.8. The van der Waals surface area contributed by atoms with E-state index in [1.165, 1.54) is 12.0 Å². The molecule has 2 heteroatoms. The van der Waals surface area contributed by atoms with Gasteiger partial charge in [0, 0.05) is 5.92 Å². The fraction of sp³-hybridized carbons (Fsp3) is 0.611. The summed E-state index contributed by atoms with van der Waals surface area (Å²) in [7, 11) is 0. The minimum atomic E-state index is 0.0624. The van der Waals surface area contributed by atoms with Crippen molar-refractivity contribution in [2.75, 3.05) is 6.61 Å². The van der Waals surface area contributed by atoms with Gasteiger partial charge >= 0.3 is 0 Å². The Morgan fingerprint density at radius 3 is 2.50 bits per heavy atom. The van der Waals surface area contributed by atoms with Crippen molar-refractivity contribution in [1.29, 1.82) is 0 Å². The van der Waals surface area contributed by atoms with E-state index < -0.39 is 0 Å². The van der Waals surface area contributed by atoms with Gasteiger partial charge in [-0.3, -0.25) is 4.79 Å². The molecule has 1 aliphatic carbocycles. The smallest absolute Gasteiger partial charge is 0.142 e. The number of para-hydroxylation sites is 1. The molecule has 3 atom stereocenters. The average Bonchev–Trinajstić information content (AvgIpc) is 2.45. The van der Waals surface area contributed by atoms with Crippen LogP contribution in [0.4, 0.5) is 0 Å². The van der Waals surface area contributed by atoms with Gasteiger partial charge in [0.1, 0.15) is 11.5 Å². The van der Waals surface area contributed by atoms with Crippen LogP contribution in [0.25, 0.3) is 0 Å². The number of carbonyl (C=O) groups excluding carboxylic acids is 1. The van der Waals surface area contributed by atoms with Gasteiger partial charge in [-0.2, -0.15) is 0 Å². The molecular formula is C18H24O2. The highest BCUT2D eigenvalue weighted by Crippen LogP contribution is 2.36. The summed E-state index contributed by atoms with van der Waals surface area (Å²) in [5.41, 5.74) is 1.19. The van der Waals surface area contributed by atoms with E-state index in [0.717, 1.165) is 25.0 Å². The van der Waals surface area contributed by atoms with Gasteiger partial charge in [0.2, 0.25) is 0 Å². The van der Waals surface area contributed by atoms with Crippen LogP contribution in [0.1, 0.15) is 38.7 Å². The van der Waals surface area contributed by atoms with Gasteiger partial charge < -0.3 is 4.74 Å². The largest absolute Gasteiger partial charge is 0.493 e. The monoisotopic (exact) mass is 272 g/mol. The predicted molar refractivity (Wildman–Crippen MR) is 79.8 cm³/mol. The molecule has 20 heavy (non-hydrogen) atoms. The van der Waals surface area contributed by atoms with Gasteiger partial charge in [-0.1, -0.05) is 32.0 Å². The van der Waals surface area contributed by atoms with Crippen LogP contribution >= 0.6 is 0 Å². The van der Waals surface area contributed by atoms with Crippen molar-refractivity contribution >= 4 is 5.78 Å². The number of rotatable bonds is 2. The Bertz CT molecular complexity index is 484. The van der Waals surface area contributed by atoms with Crippen molar-refractivity contribution in [2.45, 2.75) is 39.5 Å². The van der Waals surface area contributed by atoms with Crippen LogP contribution in [0.3, 0.4) is 0 Å². The third-order valence-corrected chi connectivity index (χ3v) is 4.86. The van der Waals surface area contributed by atoms with Gasteiger partial charge in [-0.15, -0.1) is 0 Å². The highest BCUT2D eigenvalue weighted by atomic mass is 16.5. The van der Waals surface area contributed by atoms with Gasteiger partial charge in [0.05, 0.1) is 12.5 Å². The Morgan fingerprint density at radius 1 is 1.05 bits per heavy atom. The predicted octanol–water partition coefficient (Wildman–Crippen LogP) is 3.88. The molecule has 0 saturated heterocycles. The summed E-state index contributed by atoms with van der Waals surface area (Å²) >= 11 is 0. The minimum absolute atomic E-state index is 0.0624. The lowest BCUT2D eigenvalue weighted by Gasteiger charge is -2.34. The third-order valence-electron chi connectivity index (χ3n) is 4.86. The fourth-order valence-electron chi connectivity index (χ4n) is 4.02. The maximum atomic E-state index is 12.8. The van der Waals surface area contributed by atoms with Crippen molar-refractivity contribution < 1.29 is 9.53 Å². The van der Waals surface area contributed by atoms with Crippen LogP contribution in [-0.4, -0.2) is 12.4 Å². The topological polar surface area (TPSA) is 26.3 Å². The molecule has 3 unspecified atom stereocenters. The molecule has 0 aromatic heterocycles. The first-order valence-electron chi connectivity index (χ1n) is 7.88. The second kappa shape index (κ2) is 5.59. The lowest BCUT2D eigenvalue weighted by Crippen LogP contribution is -2.36. The molecule has 1 fully saturated rings. The third kappa shape index (κ3) is 2.74. The van der Waals surface area contributed by atoms with Crippen molar-refractivity contribution in [1.82, 2.24) is 0 Å². The number of benzene rings is 1. The number of fused-ring (bicyclic) bond motifs is 1. The highest BCUT2D eigenvalue weighted by molar-refractivity contribution is 5.84. The van der Waals surface area contributed by atoms with Crippen LogP contribution in [0.2, 0.25) is 0 Å². The SMILES string of the molecule is CC1CC(C)CC(C(=O)C2COc3ccccc3C2)C1. The molecule has 1 aromatic carbocycles. The molecule has 0 N–H and O–H groups in total. The molecular weight excluding hydrogens is 248 g/mol. The van der Waals surface area contributed by atoms with Crippen molar-refractivity contribution in [2.24, 2.45) is 23.7 Å². The van der Waals surface area contributed by atoms with Crippen LogP contribution in [0.5, 0.6) is 5.75 Å². The lowest BCUT2D eigenvalue weighted by atomic mass is 9.72. The number of hydrogen-bond donors (Lipinski definition) is 0. The molecule has 1 heterocycles. The van der Waals surface area contributed by atoms with Gasteiger partial charge in [0.15, 0.2) is 0 Å². The zero-order chi connectivity index (χ0) is 14.1. The molecule has 1 aromatic rings. The zero-order valence-electron chi connectivity index (χ0n) is 12.5. The molecule has 2 aliphatic rings. The minimum Gasteiger partial charge on any atom is -0.493 e. The van der Waals surface area contributed by atoms with E-state index in [-0.39, 0.29) is 11.8 Å². The van der Waals surface area contributed by atoms with E-state index >= 15 is 0 Å². The molecule has 0 amide bonds. The Kier molecular flexibility index (Phi) is 3.82.